The van der Waals surface area contributed by atoms with Crippen molar-refractivity contribution in [3.05, 3.63) is 76.4 Å². The minimum Gasteiger partial charge on any atom is -0.405 e. The Morgan fingerprint density at radius 3 is 2.94 bits per heavy atom. The fourth-order valence-electron chi connectivity index (χ4n) is 3.07. The minimum atomic E-state index is -0.217. The van der Waals surface area contributed by atoms with Gasteiger partial charge in [0.1, 0.15) is 0 Å². The SMILES string of the molecule is Cc1c(C(=O)NCc2cnc(N=CC=CN)s2)ccc2c1NC(=O)c1ccccc1S2. The Labute approximate surface area is 187 Å². The van der Waals surface area contributed by atoms with Crippen LogP contribution in [0.3, 0.4) is 0 Å². The highest BCUT2D eigenvalue weighted by Gasteiger charge is 2.23. The van der Waals surface area contributed by atoms with Gasteiger partial charge in [-0.15, -0.1) is 0 Å². The van der Waals surface area contributed by atoms with Gasteiger partial charge in [0.05, 0.1) is 17.8 Å². The molecule has 1 aliphatic rings. The number of carbonyl (C=O) groups excluding carboxylic acids is 2. The molecule has 0 saturated heterocycles. The summed E-state index contributed by atoms with van der Waals surface area (Å²) in [5.41, 5.74) is 7.80. The van der Waals surface area contributed by atoms with Crippen LogP contribution in [0.1, 0.15) is 31.2 Å². The lowest BCUT2D eigenvalue weighted by Crippen LogP contribution is -2.24. The Morgan fingerprint density at radius 1 is 1.26 bits per heavy atom. The van der Waals surface area contributed by atoms with Gasteiger partial charge < -0.3 is 16.4 Å². The molecule has 4 N–H and O–H groups in total. The fraction of sp³-hybridized carbons (Fsp3) is 0.0909. The van der Waals surface area contributed by atoms with E-state index in [1.165, 1.54) is 29.3 Å². The summed E-state index contributed by atoms with van der Waals surface area (Å²) in [6.45, 7) is 2.18. The topological polar surface area (TPSA) is 109 Å². The van der Waals surface area contributed by atoms with Crippen LogP contribution in [0.4, 0.5) is 10.8 Å². The first kappa shape index (κ1) is 20.8. The largest absolute Gasteiger partial charge is 0.405 e. The summed E-state index contributed by atoms with van der Waals surface area (Å²) in [5.74, 6) is -0.393. The molecule has 2 amide bonds. The van der Waals surface area contributed by atoms with Gasteiger partial charge in [0.25, 0.3) is 11.8 Å². The van der Waals surface area contributed by atoms with Crippen molar-refractivity contribution >= 4 is 51.9 Å². The van der Waals surface area contributed by atoms with Gasteiger partial charge >= 0.3 is 0 Å². The Balaban J connectivity index is 1.50. The molecule has 0 unspecified atom stereocenters. The second kappa shape index (κ2) is 9.15. The van der Waals surface area contributed by atoms with E-state index in [0.29, 0.717) is 28.5 Å². The molecule has 7 nitrogen and oxygen atoms in total. The highest BCUT2D eigenvalue weighted by Crippen LogP contribution is 2.41. The standard InChI is InChI=1S/C22H19N5O2S2/c1-13-15(20(28)25-11-14-12-26-22(30-14)24-10-4-9-23)7-8-18-19(13)27-21(29)16-5-2-3-6-17(16)31-18/h2-10,12H,11,23H2,1H3,(H,25,28)(H,27,29). The van der Waals surface area contributed by atoms with Gasteiger partial charge in [0.2, 0.25) is 5.13 Å². The number of carbonyl (C=O) groups is 2. The summed E-state index contributed by atoms with van der Waals surface area (Å²) < 4.78 is 0. The summed E-state index contributed by atoms with van der Waals surface area (Å²) in [4.78, 5) is 36.5. The molecule has 2 heterocycles. The van der Waals surface area contributed by atoms with Crippen LogP contribution in [0.25, 0.3) is 0 Å². The van der Waals surface area contributed by atoms with Crippen molar-refractivity contribution < 1.29 is 9.59 Å². The van der Waals surface area contributed by atoms with Crippen molar-refractivity contribution in [3.8, 4) is 0 Å². The third kappa shape index (κ3) is 4.52. The molecule has 156 valence electrons. The van der Waals surface area contributed by atoms with E-state index in [9.17, 15) is 9.59 Å². The monoisotopic (exact) mass is 449 g/mol. The Morgan fingerprint density at radius 2 is 2.10 bits per heavy atom. The van der Waals surface area contributed by atoms with Gasteiger partial charge in [0.15, 0.2) is 0 Å². The predicted molar refractivity (Wildman–Crippen MR) is 124 cm³/mol. The zero-order chi connectivity index (χ0) is 21.8. The molecule has 0 fully saturated rings. The van der Waals surface area contributed by atoms with Crippen molar-refractivity contribution in [2.75, 3.05) is 5.32 Å². The van der Waals surface area contributed by atoms with E-state index in [2.05, 4.69) is 20.6 Å². The van der Waals surface area contributed by atoms with Crippen molar-refractivity contribution in [2.45, 2.75) is 23.3 Å². The number of fused-ring (bicyclic) bond motifs is 2. The highest BCUT2D eigenvalue weighted by atomic mass is 32.2. The summed E-state index contributed by atoms with van der Waals surface area (Å²) in [6, 6.07) is 11.1. The number of anilines is 1. The van der Waals surface area contributed by atoms with Crippen molar-refractivity contribution in [1.29, 1.82) is 0 Å². The van der Waals surface area contributed by atoms with Crippen molar-refractivity contribution in [3.63, 3.8) is 0 Å². The van der Waals surface area contributed by atoms with Gasteiger partial charge in [-0.3, -0.25) is 9.59 Å². The molecule has 0 bridgehead atoms. The molecular weight excluding hydrogens is 430 g/mol. The number of aliphatic imine (C=N–C) groups is 1. The average molecular weight is 450 g/mol. The van der Waals surface area contributed by atoms with Crippen LogP contribution < -0.4 is 16.4 Å². The van der Waals surface area contributed by atoms with Gasteiger partial charge in [-0.25, -0.2) is 9.98 Å². The average Bonchev–Trinajstić information content (AvgIpc) is 3.16. The number of nitrogens with one attached hydrogen (secondary N) is 2. The number of benzene rings is 2. The molecule has 2 aromatic carbocycles. The minimum absolute atomic E-state index is 0.176. The van der Waals surface area contributed by atoms with Crippen LogP contribution in [0.5, 0.6) is 0 Å². The number of allylic oxidation sites excluding steroid dienone is 1. The maximum absolute atomic E-state index is 12.8. The van der Waals surface area contributed by atoms with Crippen LogP contribution in [0.2, 0.25) is 0 Å². The molecule has 3 aromatic rings. The van der Waals surface area contributed by atoms with Gasteiger partial charge in [-0.2, -0.15) is 0 Å². The van der Waals surface area contributed by atoms with Gasteiger partial charge in [-0.1, -0.05) is 35.2 Å². The van der Waals surface area contributed by atoms with Crippen LogP contribution in [-0.4, -0.2) is 23.0 Å². The van der Waals surface area contributed by atoms with Crippen LogP contribution in [-0.2, 0) is 6.54 Å². The van der Waals surface area contributed by atoms with E-state index in [1.807, 2.05) is 31.2 Å². The molecule has 0 aliphatic carbocycles. The summed E-state index contributed by atoms with van der Waals surface area (Å²) in [6.07, 6.45) is 6.24. The van der Waals surface area contributed by atoms with Crippen molar-refractivity contribution in [1.82, 2.24) is 10.3 Å². The van der Waals surface area contributed by atoms with Gasteiger partial charge in [-0.05, 0) is 49.0 Å². The lowest BCUT2D eigenvalue weighted by molar-refractivity contribution is 0.0949. The molecule has 31 heavy (non-hydrogen) atoms. The number of nitrogens with two attached hydrogens (primary N) is 1. The number of aromatic nitrogens is 1. The lowest BCUT2D eigenvalue weighted by Gasteiger charge is -2.14. The Hall–Kier alpha value is -3.43. The van der Waals surface area contributed by atoms with Crippen LogP contribution in [0, 0.1) is 6.92 Å². The summed E-state index contributed by atoms with van der Waals surface area (Å²) in [5, 5.41) is 6.47. The first-order valence-corrected chi connectivity index (χ1v) is 11.1. The summed E-state index contributed by atoms with van der Waals surface area (Å²) >= 11 is 2.90. The van der Waals surface area contributed by atoms with Crippen LogP contribution >= 0.6 is 23.1 Å². The number of amides is 2. The zero-order valence-corrected chi connectivity index (χ0v) is 18.2. The molecule has 1 aromatic heterocycles. The number of nitrogens with zero attached hydrogens (tertiary/aromatic N) is 2. The quantitative estimate of drug-likeness (QED) is 0.504. The molecule has 0 atom stereocenters. The lowest BCUT2D eigenvalue weighted by atomic mass is 10.1. The Kier molecular flexibility index (Phi) is 6.15. The first-order valence-electron chi connectivity index (χ1n) is 9.42. The number of hydrogen-bond donors (Lipinski definition) is 3. The van der Waals surface area contributed by atoms with E-state index in [0.717, 1.165) is 20.2 Å². The van der Waals surface area contributed by atoms with E-state index >= 15 is 0 Å². The van der Waals surface area contributed by atoms with E-state index in [-0.39, 0.29) is 11.8 Å². The molecule has 0 saturated carbocycles. The zero-order valence-electron chi connectivity index (χ0n) is 16.6. The van der Waals surface area contributed by atoms with E-state index in [4.69, 9.17) is 5.73 Å². The first-order chi connectivity index (χ1) is 15.1. The fourth-order valence-corrected chi connectivity index (χ4v) is 4.87. The number of thiazole rings is 1. The molecule has 0 radical (unpaired) electrons. The summed E-state index contributed by atoms with van der Waals surface area (Å²) in [7, 11) is 0. The number of hydrogen-bond acceptors (Lipinski definition) is 7. The van der Waals surface area contributed by atoms with Crippen molar-refractivity contribution in [2.24, 2.45) is 10.7 Å². The predicted octanol–water partition coefficient (Wildman–Crippen LogP) is 4.27. The third-order valence-corrected chi connectivity index (χ3v) is 6.65. The van der Waals surface area contributed by atoms with Crippen LogP contribution in [0.15, 0.2) is 69.7 Å². The highest BCUT2D eigenvalue weighted by molar-refractivity contribution is 7.99. The second-order valence-electron chi connectivity index (χ2n) is 6.62. The second-order valence-corrected chi connectivity index (χ2v) is 8.80. The molecular formula is C22H19N5O2S2. The molecule has 4 rings (SSSR count). The molecule has 9 heteroatoms. The van der Waals surface area contributed by atoms with Gasteiger partial charge in [0, 0.05) is 32.6 Å². The van der Waals surface area contributed by atoms with E-state index < -0.39 is 0 Å². The molecule has 0 spiro atoms. The normalized spacial score (nSPS) is 13.0. The van der Waals surface area contributed by atoms with E-state index in [1.54, 1.807) is 30.6 Å². The smallest absolute Gasteiger partial charge is 0.256 e. The number of rotatable bonds is 5. The maximum Gasteiger partial charge on any atom is 0.256 e. The maximum atomic E-state index is 12.8. The Bertz CT molecular complexity index is 1220. The third-order valence-electron chi connectivity index (χ3n) is 4.61. The molecule has 1 aliphatic heterocycles.